The monoisotopic (exact) mass is 321 g/mol. The van der Waals surface area contributed by atoms with Crippen LogP contribution in [0.1, 0.15) is 41.7 Å². The molecule has 0 amide bonds. The van der Waals surface area contributed by atoms with Gasteiger partial charge >= 0.3 is 0 Å². The van der Waals surface area contributed by atoms with Crippen LogP contribution in [0.25, 0.3) is 10.9 Å². The van der Waals surface area contributed by atoms with E-state index < -0.39 is 0 Å². The fourth-order valence-electron chi connectivity index (χ4n) is 3.65. The van der Waals surface area contributed by atoms with E-state index in [0.717, 1.165) is 47.7 Å². The Bertz CT molecular complexity index is 854. The number of para-hydroxylation sites is 1. The number of hydrogen-bond acceptors (Lipinski definition) is 4. The molecule has 1 fully saturated rings. The molecule has 2 aromatic heterocycles. The molecule has 1 saturated heterocycles. The maximum Gasteiger partial charge on any atom is 0.143 e. The number of piperidine rings is 1. The summed E-state index contributed by atoms with van der Waals surface area (Å²) in [6.07, 6.45) is 2.40. The zero-order valence-electron chi connectivity index (χ0n) is 14.3. The second-order valence-electron chi connectivity index (χ2n) is 6.79. The van der Waals surface area contributed by atoms with Crippen molar-refractivity contribution < 1.29 is 0 Å². The number of hydrogen-bond donors (Lipinski definition) is 1. The SMILES string of the molecule is Cc1cc([C@H]2CCCN(Cc3nc(C)c4ccccc4n3)C2)n[nH]1. The smallest absolute Gasteiger partial charge is 0.143 e. The van der Waals surface area contributed by atoms with Crippen molar-refractivity contribution >= 4 is 10.9 Å². The van der Waals surface area contributed by atoms with Gasteiger partial charge in [-0.1, -0.05) is 18.2 Å². The van der Waals surface area contributed by atoms with Crippen molar-refractivity contribution in [3.63, 3.8) is 0 Å². The van der Waals surface area contributed by atoms with Gasteiger partial charge < -0.3 is 0 Å². The number of benzene rings is 1. The summed E-state index contributed by atoms with van der Waals surface area (Å²) in [6, 6.07) is 10.4. The fraction of sp³-hybridized carbons (Fsp3) is 0.421. The molecule has 1 N–H and O–H groups in total. The summed E-state index contributed by atoms with van der Waals surface area (Å²) in [4.78, 5) is 11.9. The molecule has 0 saturated carbocycles. The van der Waals surface area contributed by atoms with Crippen LogP contribution in [0.5, 0.6) is 0 Å². The van der Waals surface area contributed by atoms with Gasteiger partial charge in [-0.05, 0) is 45.4 Å². The number of nitrogens with one attached hydrogen (secondary N) is 1. The maximum absolute atomic E-state index is 4.76. The largest absolute Gasteiger partial charge is 0.295 e. The first kappa shape index (κ1) is 15.3. The quantitative estimate of drug-likeness (QED) is 0.804. The second-order valence-corrected chi connectivity index (χ2v) is 6.79. The lowest BCUT2D eigenvalue weighted by Gasteiger charge is -2.31. The molecular formula is C19H23N5. The molecule has 3 aromatic rings. The van der Waals surface area contributed by atoms with Gasteiger partial charge in [0.1, 0.15) is 5.82 Å². The molecule has 5 heteroatoms. The molecule has 0 unspecified atom stereocenters. The van der Waals surface area contributed by atoms with Crippen molar-refractivity contribution in [2.24, 2.45) is 0 Å². The van der Waals surface area contributed by atoms with E-state index >= 15 is 0 Å². The van der Waals surface area contributed by atoms with E-state index in [2.05, 4.69) is 47.1 Å². The van der Waals surface area contributed by atoms with Crippen LogP contribution in [-0.4, -0.2) is 38.2 Å². The van der Waals surface area contributed by atoms with Gasteiger partial charge in [0.25, 0.3) is 0 Å². The predicted molar refractivity (Wildman–Crippen MR) is 94.9 cm³/mol. The number of aromatic amines is 1. The normalized spacial score (nSPS) is 19.0. The fourth-order valence-corrected chi connectivity index (χ4v) is 3.65. The highest BCUT2D eigenvalue weighted by atomic mass is 15.2. The van der Waals surface area contributed by atoms with Crippen LogP contribution < -0.4 is 0 Å². The van der Waals surface area contributed by atoms with Gasteiger partial charge in [0.05, 0.1) is 17.8 Å². The van der Waals surface area contributed by atoms with Gasteiger partial charge in [-0.15, -0.1) is 0 Å². The van der Waals surface area contributed by atoms with Gasteiger partial charge in [-0.25, -0.2) is 9.97 Å². The Morgan fingerprint density at radius 2 is 2.08 bits per heavy atom. The lowest BCUT2D eigenvalue weighted by molar-refractivity contribution is 0.194. The maximum atomic E-state index is 4.76. The molecule has 4 rings (SSSR count). The number of rotatable bonds is 3. The number of aryl methyl sites for hydroxylation is 2. The van der Waals surface area contributed by atoms with Crippen molar-refractivity contribution in [3.05, 3.63) is 53.2 Å². The van der Waals surface area contributed by atoms with E-state index in [-0.39, 0.29) is 0 Å². The Morgan fingerprint density at radius 1 is 1.21 bits per heavy atom. The van der Waals surface area contributed by atoms with Crippen molar-refractivity contribution in [2.75, 3.05) is 13.1 Å². The standard InChI is InChI=1S/C19H23N5/c1-13-10-18(23-22-13)15-6-5-9-24(11-15)12-19-20-14(2)16-7-3-4-8-17(16)21-19/h3-4,7-8,10,15H,5-6,9,11-12H2,1-2H3,(H,22,23)/t15-/m0/s1. The summed E-state index contributed by atoms with van der Waals surface area (Å²) in [5, 5.41) is 8.66. The molecule has 0 aliphatic carbocycles. The molecule has 0 radical (unpaired) electrons. The Labute approximate surface area is 142 Å². The topological polar surface area (TPSA) is 57.7 Å². The number of H-pyrrole nitrogens is 1. The Balaban J connectivity index is 1.52. The average Bonchev–Trinajstić information content (AvgIpc) is 3.02. The third-order valence-electron chi connectivity index (χ3n) is 4.85. The highest BCUT2D eigenvalue weighted by Gasteiger charge is 2.23. The van der Waals surface area contributed by atoms with Crippen LogP contribution in [0.4, 0.5) is 0 Å². The van der Waals surface area contributed by atoms with Gasteiger partial charge in [0.15, 0.2) is 0 Å². The molecule has 124 valence electrons. The van der Waals surface area contributed by atoms with Crippen LogP contribution in [0.15, 0.2) is 30.3 Å². The lowest BCUT2D eigenvalue weighted by Crippen LogP contribution is -2.34. The molecule has 1 aliphatic heterocycles. The Hall–Kier alpha value is -2.27. The molecule has 3 heterocycles. The van der Waals surface area contributed by atoms with E-state index in [0.29, 0.717) is 5.92 Å². The molecule has 5 nitrogen and oxygen atoms in total. The summed E-state index contributed by atoms with van der Waals surface area (Å²) in [6.45, 7) is 7.07. The molecule has 0 bridgehead atoms. The Kier molecular flexibility index (Phi) is 4.02. The van der Waals surface area contributed by atoms with E-state index in [1.54, 1.807) is 0 Å². The third-order valence-corrected chi connectivity index (χ3v) is 4.85. The highest BCUT2D eigenvalue weighted by Crippen LogP contribution is 2.26. The van der Waals surface area contributed by atoms with Gasteiger partial charge in [-0.3, -0.25) is 10.00 Å². The Morgan fingerprint density at radius 3 is 2.92 bits per heavy atom. The van der Waals surface area contributed by atoms with Gasteiger partial charge in [0.2, 0.25) is 0 Å². The first-order valence-electron chi connectivity index (χ1n) is 8.65. The first-order chi connectivity index (χ1) is 11.7. The average molecular weight is 321 g/mol. The van der Waals surface area contributed by atoms with Crippen molar-refractivity contribution in [3.8, 4) is 0 Å². The van der Waals surface area contributed by atoms with Crippen LogP contribution >= 0.6 is 0 Å². The summed E-state index contributed by atoms with van der Waals surface area (Å²) in [5.74, 6) is 1.43. The van der Waals surface area contributed by atoms with Crippen LogP contribution in [0.2, 0.25) is 0 Å². The van der Waals surface area contributed by atoms with E-state index in [9.17, 15) is 0 Å². The third kappa shape index (κ3) is 3.04. The highest BCUT2D eigenvalue weighted by molar-refractivity contribution is 5.80. The molecule has 1 atom stereocenters. The predicted octanol–water partition coefficient (Wildman–Crippen LogP) is 3.35. The molecule has 24 heavy (non-hydrogen) atoms. The van der Waals surface area contributed by atoms with E-state index in [1.165, 1.54) is 18.5 Å². The first-order valence-corrected chi connectivity index (χ1v) is 8.65. The van der Waals surface area contributed by atoms with E-state index in [1.807, 2.05) is 12.1 Å². The zero-order valence-corrected chi connectivity index (χ0v) is 14.3. The summed E-state index contributed by atoms with van der Waals surface area (Å²) in [5.41, 5.74) is 4.42. The molecule has 1 aliphatic rings. The minimum absolute atomic E-state index is 0.505. The molecule has 0 spiro atoms. The lowest BCUT2D eigenvalue weighted by atomic mass is 9.94. The van der Waals surface area contributed by atoms with Crippen molar-refractivity contribution in [2.45, 2.75) is 39.2 Å². The summed E-state index contributed by atoms with van der Waals surface area (Å²) < 4.78 is 0. The number of aromatic nitrogens is 4. The van der Waals surface area contributed by atoms with Crippen LogP contribution in [0.3, 0.4) is 0 Å². The number of fused-ring (bicyclic) bond motifs is 1. The molecular weight excluding hydrogens is 298 g/mol. The molecule has 1 aromatic carbocycles. The van der Waals surface area contributed by atoms with Crippen molar-refractivity contribution in [1.82, 2.24) is 25.1 Å². The minimum atomic E-state index is 0.505. The number of likely N-dealkylation sites (tertiary alicyclic amines) is 1. The zero-order chi connectivity index (χ0) is 16.5. The second kappa shape index (κ2) is 6.32. The summed E-state index contributed by atoms with van der Waals surface area (Å²) in [7, 11) is 0. The van der Waals surface area contributed by atoms with Crippen LogP contribution in [0, 0.1) is 13.8 Å². The minimum Gasteiger partial charge on any atom is -0.295 e. The summed E-state index contributed by atoms with van der Waals surface area (Å²) >= 11 is 0. The van der Waals surface area contributed by atoms with Crippen LogP contribution in [-0.2, 0) is 6.54 Å². The van der Waals surface area contributed by atoms with Gasteiger partial charge in [0, 0.05) is 29.2 Å². The van der Waals surface area contributed by atoms with Gasteiger partial charge in [-0.2, -0.15) is 5.10 Å². The van der Waals surface area contributed by atoms with Crippen molar-refractivity contribution in [1.29, 1.82) is 0 Å². The van der Waals surface area contributed by atoms with E-state index in [4.69, 9.17) is 9.97 Å². The number of nitrogens with zero attached hydrogens (tertiary/aromatic N) is 4.